The van der Waals surface area contributed by atoms with Gasteiger partial charge in [-0.25, -0.2) is 8.42 Å². The number of rotatable bonds is 6. The molecule has 0 radical (unpaired) electrons. The number of hydrogen-bond acceptors (Lipinski definition) is 5. The molecular weight excluding hydrogens is 488 g/mol. The van der Waals surface area contributed by atoms with Gasteiger partial charge in [-0.1, -0.05) is 42.0 Å². The Kier molecular flexibility index (Phi) is 6.00. The van der Waals surface area contributed by atoms with E-state index in [2.05, 4.69) is 40.4 Å². The minimum absolute atomic E-state index is 0.132. The Balaban J connectivity index is 1.29. The number of thioether (sulfide) groups is 1. The molecule has 5 nitrogen and oxygen atoms in total. The summed E-state index contributed by atoms with van der Waals surface area (Å²) in [7, 11) is -3.71. The van der Waals surface area contributed by atoms with Crippen LogP contribution >= 0.6 is 11.8 Å². The molecule has 0 unspecified atom stereocenters. The van der Waals surface area contributed by atoms with Crippen molar-refractivity contribution in [1.82, 2.24) is 0 Å². The molecule has 6 rings (SSSR count). The molecule has 0 aromatic heterocycles. The van der Waals surface area contributed by atoms with Crippen molar-refractivity contribution in [3.05, 3.63) is 95.1 Å². The van der Waals surface area contributed by atoms with Crippen LogP contribution in [0.15, 0.2) is 77.7 Å². The predicted octanol–water partition coefficient (Wildman–Crippen LogP) is 6.42. The number of fused-ring (bicyclic) bond motifs is 3. The average Bonchev–Trinajstić information content (AvgIpc) is 3.33. The first-order valence-corrected chi connectivity index (χ1v) is 15.0. The quantitative estimate of drug-likeness (QED) is 0.368. The van der Waals surface area contributed by atoms with Crippen molar-refractivity contribution in [2.45, 2.75) is 43.2 Å². The fraction of sp³-hybridized carbons (Fsp3) is 0.310. The maximum absolute atomic E-state index is 13.3. The molecule has 2 heterocycles. The van der Waals surface area contributed by atoms with Gasteiger partial charge in [0.1, 0.15) is 11.9 Å². The van der Waals surface area contributed by atoms with E-state index < -0.39 is 10.0 Å². The van der Waals surface area contributed by atoms with E-state index in [0.717, 1.165) is 46.1 Å². The summed E-state index contributed by atoms with van der Waals surface area (Å²) in [5.41, 5.74) is 5.84. The highest BCUT2D eigenvalue weighted by Crippen LogP contribution is 2.50. The van der Waals surface area contributed by atoms with Crippen LogP contribution in [-0.2, 0) is 10.0 Å². The van der Waals surface area contributed by atoms with E-state index in [1.807, 2.05) is 62.0 Å². The molecule has 2 N–H and O–H groups in total. The summed E-state index contributed by atoms with van der Waals surface area (Å²) < 4.78 is 35.5. The summed E-state index contributed by atoms with van der Waals surface area (Å²) in [6.07, 6.45) is 5.71. The highest BCUT2D eigenvalue weighted by atomic mass is 32.2. The topological polar surface area (TPSA) is 67.4 Å². The summed E-state index contributed by atoms with van der Waals surface area (Å²) in [6, 6.07) is 19.7. The first-order valence-electron chi connectivity index (χ1n) is 12.4. The Hall–Kier alpha value is -2.90. The smallest absolute Gasteiger partial charge is 0.261 e. The van der Waals surface area contributed by atoms with Crippen molar-refractivity contribution < 1.29 is 13.2 Å². The Morgan fingerprint density at radius 1 is 1.03 bits per heavy atom. The van der Waals surface area contributed by atoms with Crippen LogP contribution in [0.5, 0.6) is 5.75 Å². The Bertz CT molecular complexity index is 1450. The van der Waals surface area contributed by atoms with Crippen molar-refractivity contribution >= 4 is 33.2 Å². The number of nitrogens with one attached hydrogen (secondary N) is 2. The number of benzene rings is 3. The van der Waals surface area contributed by atoms with E-state index in [0.29, 0.717) is 17.7 Å². The Labute approximate surface area is 217 Å². The highest BCUT2D eigenvalue weighted by Gasteiger charge is 2.38. The number of aryl methyl sites for hydroxylation is 2. The molecule has 0 amide bonds. The van der Waals surface area contributed by atoms with Crippen LogP contribution in [0.1, 0.15) is 40.6 Å². The lowest BCUT2D eigenvalue weighted by atomic mass is 9.77. The summed E-state index contributed by atoms with van der Waals surface area (Å²) in [6.45, 7) is 3.91. The molecule has 3 atom stereocenters. The number of ether oxygens (including phenoxy) is 1. The summed E-state index contributed by atoms with van der Waals surface area (Å²) >= 11 is 1.91. The van der Waals surface area contributed by atoms with Crippen molar-refractivity contribution in [1.29, 1.82) is 0 Å². The van der Waals surface area contributed by atoms with Crippen molar-refractivity contribution in [2.75, 3.05) is 21.5 Å². The van der Waals surface area contributed by atoms with Gasteiger partial charge < -0.3 is 10.1 Å². The lowest BCUT2D eigenvalue weighted by Gasteiger charge is -2.38. The first-order chi connectivity index (χ1) is 17.4. The second-order valence-corrected chi connectivity index (χ2v) is 12.8. The van der Waals surface area contributed by atoms with Crippen molar-refractivity contribution in [2.24, 2.45) is 5.92 Å². The molecule has 36 heavy (non-hydrogen) atoms. The molecule has 186 valence electrons. The third-order valence-corrected chi connectivity index (χ3v) is 9.98. The van der Waals surface area contributed by atoms with Gasteiger partial charge in [0.2, 0.25) is 0 Å². The van der Waals surface area contributed by atoms with Gasteiger partial charge >= 0.3 is 0 Å². The summed E-state index contributed by atoms with van der Waals surface area (Å²) in [4.78, 5) is 0.286. The normalized spacial score (nSPS) is 22.8. The number of allylic oxidation sites excluding steroid dienone is 2. The van der Waals surface area contributed by atoms with Crippen LogP contribution < -0.4 is 14.8 Å². The molecule has 3 aromatic carbocycles. The van der Waals surface area contributed by atoms with Gasteiger partial charge in [-0.3, -0.25) is 4.72 Å². The third-order valence-electron chi connectivity index (χ3n) is 7.40. The molecule has 2 aliphatic heterocycles. The van der Waals surface area contributed by atoms with E-state index in [9.17, 15) is 8.42 Å². The van der Waals surface area contributed by atoms with Gasteiger partial charge in [-0.15, -0.1) is 0 Å². The molecule has 1 saturated heterocycles. The standard InChI is InChI=1S/C29H30N2O3S2/c1-18-9-11-27(19(2)13-18)31-36(32,33)23-10-12-28-26(15-23)24-7-4-8-25(24)29(30-28)20-5-3-6-21(14-20)34-22-16-35-17-22/h3-7,9-15,22,24-25,29-31H,8,16-17H2,1-2H3/t24-,25+,29+/m0/s1. The summed E-state index contributed by atoms with van der Waals surface area (Å²) in [5, 5.41) is 3.72. The lowest BCUT2D eigenvalue weighted by Crippen LogP contribution is -2.31. The molecule has 0 saturated carbocycles. The van der Waals surface area contributed by atoms with E-state index in [1.54, 1.807) is 6.07 Å². The lowest BCUT2D eigenvalue weighted by molar-refractivity contribution is 0.240. The van der Waals surface area contributed by atoms with Gasteiger partial charge in [0.25, 0.3) is 10.0 Å². The molecule has 7 heteroatoms. The van der Waals surface area contributed by atoms with E-state index in [4.69, 9.17) is 4.74 Å². The highest BCUT2D eigenvalue weighted by molar-refractivity contribution is 8.00. The SMILES string of the molecule is Cc1ccc(NS(=O)(=O)c2ccc3c(c2)[C@H]2C=CC[C@H]2[C@@H](c2cccc(OC4CSC4)c2)N3)c(C)c1. The zero-order valence-corrected chi connectivity index (χ0v) is 22.0. The van der Waals surface area contributed by atoms with Gasteiger partial charge in [-0.2, -0.15) is 11.8 Å². The fourth-order valence-electron chi connectivity index (χ4n) is 5.46. The molecule has 0 bridgehead atoms. The Morgan fingerprint density at radius 2 is 1.89 bits per heavy atom. The molecule has 1 aliphatic carbocycles. The maximum Gasteiger partial charge on any atom is 0.261 e. The second kappa shape index (κ2) is 9.20. The minimum Gasteiger partial charge on any atom is -0.489 e. The van der Waals surface area contributed by atoms with Crippen LogP contribution in [0, 0.1) is 19.8 Å². The zero-order valence-electron chi connectivity index (χ0n) is 20.4. The number of sulfonamides is 1. The monoisotopic (exact) mass is 518 g/mol. The van der Waals surface area contributed by atoms with Crippen LogP contribution in [0.3, 0.4) is 0 Å². The second-order valence-electron chi connectivity index (χ2n) is 10.00. The average molecular weight is 519 g/mol. The summed E-state index contributed by atoms with van der Waals surface area (Å²) in [5.74, 6) is 3.51. The van der Waals surface area contributed by atoms with Crippen LogP contribution in [0.25, 0.3) is 0 Å². The van der Waals surface area contributed by atoms with Gasteiger partial charge in [0, 0.05) is 23.1 Å². The van der Waals surface area contributed by atoms with Crippen molar-refractivity contribution in [3.8, 4) is 5.75 Å². The fourth-order valence-corrected chi connectivity index (χ4v) is 7.19. The van der Waals surface area contributed by atoms with Gasteiger partial charge in [0.05, 0.1) is 16.6 Å². The van der Waals surface area contributed by atoms with E-state index in [-0.39, 0.29) is 16.9 Å². The van der Waals surface area contributed by atoms with Crippen LogP contribution in [0.2, 0.25) is 0 Å². The third kappa shape index (κ3) is 4.39. The van der Waals surface area contributed by atoms with E-state index in [1.165, 1.54) is 5.56 Å². The molecule has 1 fully saturated rings. The molecule has 0 spiro atoms. The van der Waals surface area contributed by atoms with Crippen LogP contribution in [-0.4, -0.2) is 26.0 Å². The van der Waals surface area contributed by atoms with Gasteiger partial charge in [0.15, 0.2) is 0 Å². The van der Waals surface area contributed by atoms with Gasteiger partial charge in [-0.05, 0) is 79.3 Å². The number of hydrogen-bond donors (Lipinski definition) is 2. The molecule has 3 aliphatic rings. The largest absolute Gasteiger partial charge is 0.489 e. The number of anilines is 2. The molecular formula is C29H30N2O3S2. The first kappa shape index (κ1) is 23.5. The predicted molar refractivity (Wildman–Crippen MR) is 148 cm³/mol. The Morgan fingerprint density at radius 3 is 2.67 bits per heavy atom. The minimum atomic E-state index is -3.71. The van der Waals surface area contributed by atoms with Crippen LogP contribution in [0.4, 0.5) is 11.4 Å². The maximum atomic E-state index is 13.3. The van der Waals surface area contributed by atoms with E-state index >= 15 is 0 Å². The van der Waals surface area contributed by atoms with Crippen molar-refractivity contribution in [3.63, 3.8) is 0 Å². The molecule has 3 aromatic rings. The zero-order chi connectivity index (χ0) is 24.9.